The van der Waals surface area contributed by atoms with Crippen molar-refractivity contribution >= 4 is 5.97 Å². The molecule has 20 heavy (non-hydrogen) atoms. The van der Waals surface area contributed by atoms with E-state index in [1.807, 2.05) is 6.92 Å². The molecule has 0 radical (unpaired) electrons. The Morgan fingerprint density at radius 2 is 1.75 bits per heavy atom. The molecule has 0 aliphatic carbocycles. The number of unbranched alkanes of at least 4 members (excludes halogenated alkanes) is 3. The van der Waals surface area contributed by atoms with Gasteiger partial charge in [0, 0.05) is 0 Å². The fourth-order valence-electron chi connectivity index (χ4n) is 2.51. The number of carbonyl (C=O) groups excluding carboxylic acids is 1. The Balaban J connectivity index is 2.17. The monoisotopic (exact) mass is 276 g/mol. The largest absolute Gasteiger partial charge is 0.469 e. The number of methoxy groups -OCH3 is 1. The summed E-state index contributed by atoms with van der Waals surface area (Å²) in [4.78, 5) is 11.7. The van der Waals surface area contributed by atoms with Crippen LogP contribution >= 0.6 is 0 Å². The Labute approximate surface area is 123 Å². The molecule has 0 aliphatic rings. The third-order valence-corrected chi connectivity index (χ3v) is 4.25. The van der Waals surface area contributed by atoms with Gasteiger partial charge in [0.2, 0.25) is 0 Å². The van der Waals surface area contributed by atoms with Crippen molar-refractivity contribution in [1.82, 2.24) is 0 Å². The lowest BCUT2D eigenvalue weighted by Crippen LogP contribution is -2.28. The van der Waals surface area contributed by atoms with E-state index >= 15 is 0 Å². The quantitative estimate of drug-likeness (QED) is 0.480. The van der Waals surface area contributed by atoms with Crippen LogP contribution in [-0.4, -0.2) is 13.1 Å². The molecule has 0 saturated carbocycles. The van der Waals surface area contributed by atoms with E-state index in [-0.39, 0.29) is 11.4 Å². The Morgan fingerprint density at radius 3 is 2.35 bits per heavy atom. The second-order valence-corrected chi connectivity index (χ2v) is 5.81. The van der Waals surface area contributed by atoms with Crippen molar-refractivity contribution in [2.75, 3.05) is 7.11 Å². The molecule has 0 fully saturated rings. The zero-order valence-electron chi connectivity index (χ0n) is 13.2. The van der Waals surface area contributed by atoms with Crippen LogP contribution in [0, 0.1) is 5.41 Å². The molecule has 2 nitrogen and oxygen atoms in total. The maximum absolute atomic E-state index is 11.7. The fraction of sp³-hybridized carbons (Fsp3) is 0.611. The molecule has 0 N–H and O–H groups in total. The predicted molar refractivity (Wildman–Crippen MR) is 83.6 cm³/mol. The molecule has 0 aliphatic heterocycles. The van der Waals surface area contributed by atoms with Gasteiger partial charge in [-0.2, -0.15) is 0 Å². The first-order valence-electron chi connectivity index (χ1n) is 7.74. The van der Waals surface area contributed by atoms with E-state index in [4.69, 9.17) is 4.74 Å². The van der Waals surface area contributed by atoms with E-state index in [0.717, 1.165) is 25.7 Å². The highest BCUT2D eigenvalue weighted by atomic mass is 16.5. The lowest BCUT2D eigenvalue weighted by molar-refractivity contribution is -0.152. The van der Waals surface area contributed by atoms with Crippen LogP contribution < -0.4 is 0 Å². The van der Waals surface area contributed by atoms with Gasteiger partial charge in [0.1, 0.15) is 0 Å². The minimum absolute atomic E-state index is 0.0655. The highest BCUT2D eigenvalue weighted by Crippen LogP contribution is 2.30. The van der Waals surface area contributed by atoms with E-state index in [1.165, 1.54) is 31.9 Å². The number of hydrogen-bond donors (Lipinski definition) is 0. The van der Waals surface area contributed by atoms with Gasteiger partial charge in [0.15, 0.2) is 0 Å². The minimum Gasteiger partial charge on any atom is -0.469 e. The number of esters is 1. The Bertz CT molecular complexity index is 386. The molecule has 0 amide bonds. The van der Waals surface area contributed by atoms with Crippen molar-refractivity contribution in [2.45, 2.75) is 58.8 Å². The van der Waals surface area contributed by atoms with Crippen LogP contribution in [-0.2, 0) is 16.0 Å². The van der Waals surface area contributed by atoms with Crippen molar-refractivity contribution in [2.24, 2.45) is 5.41 Å². The third-order valence-electron chi connectivity index (χ3n) is 4.25. The zero-order valence-corrected chi connectivity index (χ0v) is 13.2. The third kappa shape index (κ3) is 5.36. The van der Waals surface area contributed by atoms with Crippen molar-refractivity contribution in [1.29, 1.82) is 0 Å². The molecule has 2 heteroatoms. The Morgan fingerprint density at radius 1 is 1.10 bits per heavy atom. The number of ether oxygens (including phenoxy) is 1. The van der Waals surface area contributed by atoms with Crippen LogP contribution in [0.25, 0.3) is 0 Å². The molecule has 0 aromatic heterocycles. The van der Waals surface area contributed by atoms with Gasteiger partial charge in [0.05, 0.1) is 12.5 Å². The first-order chi connectivity index (χ1) is 9.62. The molecule has 0 saturated heterocycles. The lowest BCUT2D eigenvalue weighted by Gasteiger charge is -2.24. The zero-order chi connectivity index (χ0) is 14.8. The predicted octanol–water partition coefficient (Wildman–Crippen LogP) is 4.77. The average Bonchev–Trinajstić information content (AvgIpc) is 2.50. The highest BCUT2D eigenvalue weighted by Gasteiger charge is 2.31. The van der Waals surface area contributed by atoms with Crippen LogP contribution in [0.4, 0.5) is 0 Å². The summed E-state index contributed by atoms with van der Waals surface area (Å²) in [5.41, 5.74) is 1.12. The molecule has 0 spiro atoms. The second kappa shape index (κ2) is 8.78. The lowest BCUT2D eigenvalue weighted by atomic mass is 9.82. The van der Waals surface area contributed by atoms with Crippen molar-refractivity contribution in [3.05, 3.63) is 35.9 Å². The first-order valence-corrected chi connectivity index (χ1v) is 7.74. The van der Waals surface area contributed by atoms with Crippen LogP contribution in [0.3, 0.4) is 0 Å². The maximum Gasteiger partial charge on any atom is 0.311 e. The van der Waals surface area contributed by atoms with Crippen molar-refractivity contribution in [3.63, 3.8) is 0 Å². The molecule has 1 rings (SSSR count). The molecule has 1 aromatic rings. The standard InChI is InChI=1S/C18H28O2/c1-4-18(2,17(19)20-3)15-11-6-5-8-12-16-13-9-7-10-14-16/h7,9-10,13-14H,4-6,8,11-12,15H2,1-3H3. The van der Waals surface area contributed by atoms with E-state index in [1.54, 1.807) is 0 Å². The summed E-state index contributed by atoms with van der Waals surface area (Å²) in [6.45, 7) is 4.08. The number of rotatable bonds is 9. The van der Waals surface area contributed by atoms with Gasteiger partial charge in [-0.1, -0.05) is 56.5 Å². The molecular formula is C18H28O2. The van der Waals surface area contributed by atoms with Crippen LogP contribution in [0.2, 0.25) is 0 Å². The van der Waals surface area contributed by atoms with E-state index in [0.29, 0.717) is 0 Å². The second-order valence-electron chi connectivity index (χ2n) is 5.81. The summed E-state index contributed by atoms with van der Waals surface area (Å²) in [6, 6.07) is 10.6. The van der Waals surface area contributed by atoms with Gasteiger partial charge in [-0.15, -0.1) is 0 Å². The van der Waals surface area contributed by atoms with E-state index < -0.39 is 0 Å². The first kappa shape index (κ1) is 16.7. The summed E-state index contributed by atoms with van der Waals surface area (Å²) >= 11 is 0. The minimum atomic E-state index is -0.297. The van der Waals surface area contributed by atoms with E-state index in [9.17, 15) is 4.79 Å². The molecule has 112 valence electrons. The molecular weight excluding hydrogens is 248 g/mol. The normalized spacial score (nSPS) is 13.8. The van der Waals surface area contributed by atoms with Crippen LogP contribution in [0.1, 0.15) is 57.9 Å². The van der Waals surface area contributed by atoms with E-state index in [2.05, 4.69) is 37.3 Å². The van der Waals surface area contributed by atoms with Crippen molar-refractivity contribution < 1.29 is 9.53 Å². The summed E-state index contributed by atoms with van der Waals surface area (Å²) < 4.78 is 4.90. The number of aryl methyl sites for hydroxylation is 1. The van der Waals surface area contributed by atoms with Gasteiger partial charge in [-0.05, 0) is 38.2 Å². The van der Waals surface area contributed by atoms with Gasteiger partial charge in [-0.25, -0.2) is 0 Å². The van der Waals surface area contributed by atoms with Crippen LogP contribution in [0.15, 0.2) is 30.3 Å². The molecule has 0 heterocycles. The summed E-state index contributed by atoms with van der Waals surface area (Å²) in [5, 5.41) is 0. The van der Waals surface area contributed by atoms with Gasteiger partial charge >= 0.3 is 5.97 Å². The molecule has 0 bridgehead atoms. The smallest absolute Gasteiger partial charge is 0.311 e. The van der Waals surface area contributed by atoms with Gasteiger partial charge in [-0.3, -0.25) is 4.79 Å². The summed E-state index contributed by atoms with van der Waals surface area (Å²) in [7, 11) is 1.48. The Kier molecular flexibility index (Phi) is 7.35. The SMILES string of the molecule is CCC(C)(CCCCCCc1ccccc1)C(=O)OC. The van der Waals surface area contributed by atoms with Crippen LogP contribution in [0.5, 0.6) is 0 Å². The summed E-state index contributed by atoms with van der Waals surface area (Å²) in [5.74, 6) is -0.0655. The topological polar surface area (TPSA) is 26.3 Å². The number of benzene rings is 1. The molecule has 1 unspecified atom stereocenters. The fourth-order valence-corrected chi connectivity index (χ4v) is 2.51. The maximum atomic E-state index is 11.7. The number of carbonyl (C=O) groups is 1. The van der Waals surface area contributed by atoms with Gasteiger partial charge in [0.25, 0.3) is 0 Å². The Hall–Kier alpha value is -1.31. The van der Waals surface area contributed by atoms with Gasteiger partial charge < -0.3 is 4.74 Å². The molecule has 1 atom stereocenters. The highest BCUT2D eigenvalue weighted by molar-refractivity contribution is 5.76. The number of hydrogen-bond acceptors (Lipinski definition) is 2. The average molecular weight is 276 g/mol. The van der Waals surface area contributed by atoms with Crippen molar-refractivity contribution in [3.8, 4) is 0 Å². The molecule has 1 aromatic carbocycles. The summed E-state index contributed by atoms with van der Waals surface area (Å²) in [6.07, 6.45) is 7.70.